The van der Waals surface area contributed by atoms with Crippen molar-refractivity contribution in [2.75, 3.05) is 32.9 Å². The smallest absolute Gasteiger partial charge is 0.348 e. The number of hydrogen-bond acceptors (Lipinski definition) is 5. The maximum atomic E-state index is 11.8. The third-order valence-corrected chi connectivity index (χ3v) is 3.77. The summed E-state index contributed by atoms with van der Waals surface area (Å²) in [6.45, 7) is 4.69. The Morgan fingerprint density at radius 1 is 1.33 bits per heavy atom. The molecule has 0 saturated carbocycles. The van der Waals surface area contributed by atoms with Gasteiger partial charge in [0.15, 0.2) is 0 Å². The van der Waals surface area contributed by atoms with Crippen LogP contribution in [0.4, 0.5) is 0 Å². The van der Waals surface area contributed by atoms with Crippen LogP contribution in [0.5, 0.6) is 0 Å². The lowest BCUT2D eigenvalue weighted by Gasteiger charge is -2.31. The number of carbonyl (C=O) groups excluding carboxylic acids is 1. The summed E-state index contributed by atoms with van der Waals surface area (Å²) in [5.74, 6) is -0.617. The summed E-state index contributed by atoms with van der Waals surface area (Å²) in [5.41, 5.74) is 1.84. The molecule has 24 heavy (non-hydrogen) atoms. The molecule has 0 N–H and O–H groups in total. The Morgan fingerprint density at radius 2 is 2.00 bits per heavy atom. The van der Waals surface area contributed by atoms with Crippen LogP contribution in [0.1, 0.15) is 12.5 Å². The molecule has 1 aromatic rings. The standard InChI is InChI=1S/C18H19ClN2O3/c1-2-24-18(22)15(13-20)5-8-17(21-9-11-23-12-10-21)14-3-6-16(19)7-4-14/h3-8H,2,9-12H2,1H3. The molecule has 1 aliphatic heterocycles. The van der Waals surface area contributed by atoms with Crippen LogP contribution >= 0.6 is 11.6 Å². The van der Waals surface area contributed by atoms with Gasteiger partial charge in [0.2, 0.25) is 0 Å². The van der Waals surface area contributed by atoms with Gasteiger partial charge in [-0.3, -0.25) is 0 Å². The Labute approximate surface area is 146 Å². The minimum atomic E-state index is -0.617. The summed E-state index contributed by atoms with van der Waals surface area (Å²) in [5, 5.41) is 9.81. The Bertz CT molecular complexity index is 668. The number of ether oxygens (including phenoxy) is 2. The molecule has 6 heteroatoms. The number of esters is 1. The Hall–Kier alpha value is -2.29. The fourth-order valence-corrected chi connectivity index (χ4v) is 2.46. The highest BCUT2D eigenvalue weighted by Gasteiger charge is 2.16. The monoisotopic (exact) mass is 346 g/mol. The molecule has 0 aromatic heterocycles. The van der Waals surface area contributed by atoms with Crippen LogP contribution in [0.2, 0.25) is 5.02 Å². The molecule has 0 radical (unpaired) electrons. The number of halogens is 1. The van der Waals surface area contributed by atoms with Gasteiger partial charge in [-0.15, -0.1) is 0 Å². The highest BCUT2D eigenvalue weighted by Crippen LogP contribution is 2.23. The van der Waals surface area contributed by atoms with Gasteiger partial charge in [0, 0.05) is 23.8 Å². The molecular formula is C18H19ClN2O3. The second-order valence-electron chi connectivity index (χ2n) is 5.07. The van der Waals surface area contributed by atoms with Crippen molar-refractivity contribution in [3.63, 3.8) is 0 Å². The Morgan fingerprint density at radius 3 is 2.58 bits per heavy atom. The SMILES string of the molecule is CCOC(=O)C(C#N)=CC=C(c1ccc(Cl)cc1)N1CCOCC1. The first-order chi connectivity index (χ1) is 11.7. The van der Waals surface area contributed by atoms with E-state index in [1.54, 1.807) is 13.0 Å². The van der Waals surface area contributed by atoms with Crippen LogP contribution in [-0.2, 0) is 14.3 Å². The fourth-order valence-electron chi connectivity index (χ4n) is 2.33. The number of rotatable bonds is 5. The van der Waals surface area contributed by atoms with Gasteiger partial charge < -0.3 is 14.4 Å². The minimum Gasteiger partial charge on any atom is -0.462 e. The van der Waals surface area contributed by atoms with Crippen molar-refractivity contribution >= 4 is 23.3 Å². The van der Waals surface area contributed by atoms with Gasteiger partial charge in [-0.25, -0.2) is 4.79 Å². The van der Waals surface area contributed by atoms with Gasteiger partial charge in [0.1, 0.15) is 11.6 Å². The zero-order chi connectivity index (χ0) is 17.4. The zero-order valence-corrected chi connectivity index (χ0v) is 14.3. The van der Waals surface area contributed by atoms with Crippen molar-refractivity contribution in [2.45, 2.75) is 6.92 Å². The molecule has 0 amide bonds. The van der Waals surface area contributed by atoms with E-state index in [4.69, 9.17) is 26.3 Å². The number of benzene rings is 1. The molecule has 5 nitrogen and oxygen atoms in total. The van der Waals surface area contributed by atoms with E-state index in [-0.39, 0.29) is 12.2 Å². The second kappa shape index (κ2) is 9.11. The minimum absolute atomic E-state index is 0.0310. The number of nitrogens with zero attached hydrogens (tertiary/aromatic N) is 2. The van der Waals surface area contributed by atoms with E-state index in [0.717, 1.165) is 24.4 Å². The molecule has 2 rings (SSSR count). The maximum absolute atomic E-state index is 11.8. The maximum Gasteiger partial charge on any atom is 0.348 e. The molecule has 1 aromatic carbocycles. The zero-order valence-electron chi connectivity index (χ0n) is 13.5. The van der Waals surface area contributed by atoms with Gasteiger partial charge in [-0.2, -0.15) is 5.26 Å². The summed E-state index contributed by atoms with van der Waals surface area (Å²) in [6, 6.07) is 9.33. The third-order valence-electron chi connectivity index (χ3n) is 3.52. The summed E-state index contributed by atoms with van der Waals surface area (Å²) in [4.78, 5) is 13.9. The Balaban J connectivity index is 2.35. The number of hydrogen-bond donors (Lipinski definition) is 0. The van der Waals surface area contributed by atoms with E-state index >= 15 is 0 Å². The number of nitriles is 1. The van der Waals surface area contributed by atoms with E-state index < -0.39 is 5.97 Å². The lowest BCUT2D eigenvalue weighted by atomic mass is 10.1. The molecule has 0 aliphatic carbocycles. The normalized spacial score (nSPS) is 15.8. The Kier molecular flexibility index (Phi) is 6.86. The summed E-state index contributed by atoms with van der Waals surface area (Å²) in [6.07, 6.45) is 3.27. The van der Waals surface area contributed by atoms with Crippen LogP contribution < -0.4 is 0 Å². The van der Waals surface area contributed by atoms with Crippen LogP contribution in [0.3, 0.4) is 0 Å². The van der Waals surface area contributed by atoms with E-state index in [1.807, 2.05) is 30.3 Å². The van der Waals surface area contributed by atoms with Gasteiger partial charge in [-0.1, -0.05) is 23.7 Å². The quantitative estimate of drug-likeness (QED) is 0.355. The first kappa shape index (κ1) is 18.1. The van der Waals surface area contributed by atoms with Gasteiger partial charge in [-0.05, 0) is 36.8 Å². The van der Waals surface area contributed by atoms with Crippen LogP contribution in [0.15, 0.2) is 42.0 Å². The van der Waals surface area contributed by atoms with Crippen molar-refractivity contribution in [1.82, 2.24) is 4.90 Å². The molecule has 1 heterocycles. The van der Waals surface area contributed by atoms with Crippen LogP contribution in [0, 0.1) is 11.3 Å². The summed E-state index contributed by atoms with van der Waals surface area (Å²) < 4.78 is 10.3. The van der Waals surface area contributed by atoms with Gasteiger partial charge in [0.25, 0.3) is 0 Å². The molecule has 0 atom stereocenters. The van der Waals surface area contributed by atoms with Gasteiger partial charge in [0.05, 0.1) is 19.8 Å². The van der Waals surface area contributed by atoms with Crippen molar-refractivity contribution in [2.24, 2.45) is 0 Å². The van der Waals surface area contributed by atoms with Crippen molar-refractivity contribution in [3.05, 3.63) is 52.6 Å². The molecule has 126 valence electrons. The predicted octanol–water partition coefficient (Wildman–Crippen LogP) is 3.03. The lowest BCUT2D eigenvalue weighted by molar-refractivity contribution is -0.138. The molecule has 0 unspecified atom stereocenters. The topological polar surface area (TPSA) is 62.6 Å². The molecular weight excluding hydrogens is 328 g/mol. The summed E-state index contributed by atoms with van der Waals surface area (Å²) in [7, 11) is 0. The van der Waals surface area contributed by atoms with Crippen molar-refractivity contribution < 1.29 is 14.3 Å². The molecule has 1 saturated heterocycles. The molecule has 0 bridgehead atoms. The van der Waals surface area contributed by atoms with Crippen molar-refractivity contribution in [3.8, 4) is 6.07 Å². The van der Waals surface area contributed by atoms with Crippen LogP contribution in [0.25, 0.3) is 5.70 Å². The number of carbonyl (C=O) groups is 1. The molecule has 1 aliphatic rings. The third kappa shape index (κ3) is 4.85. The highest BCUT2D eigenvalue weighted by atomic mass is 35.5. The average molecular weight is 347 g/mol. The lowest BCUT2D eigenvalue weighted by Crippen LogP contribution is -2.34. The van der Waals surface area contributed by atoms with E-state index in [0.29, 0.717) is 18.2 Å². The fraction of sp³-hybridized carbons (Fsp3) is 0.333. The van der Waals surface area contributed by atoms with Crippen molar-refractivity contribution in [1.29, 1.82) is 5.26 Å². The van der Waals surface area contributed by atoms with Crippen LogP contribution in [-0.4, -0.2) is 43.8 Å². The average Bonchev–Trinajstić information content (AvgIpc) is 2.61. The van der Waals surface area contributed by atoms with E-state index in [9.17, 15) is 4.79 Å². The molecule has 0 spiro atoms. The largest absolute Gasteiger partial charge is 0.462 e. The highest BCUT2D eigenvalue weighted by molar-refractivity contribution is 6.30. The predicted molar refractivity (Wildman–Crippen MR) is 92.2 cm³/mol. The second-order valence-corrected chi connectivity index (χ2v) is 5.51. The first-order valence-electron chi connectivity index (χ1n) is 7.73. The first-order valence-corrected chi connectivity index (χ1v) is 8.11. The number of morpholine rings is 1. The summed E-state index contributed by atoms with van der Waals surface area (Å²) >= 11 is 5.96. The molecule has 1 fully saturated rings. The number of allylic oxidation sites excluding steroid dienone is 2. The van der Waals surface area contributed by atoms with E-state index in [1.165, 1.54) is 6.08 Å². The van der Waals surface area contributed by atoms with E-state index in [2.05, 4.69) is 4.90 Å². The van der Waals surface area contributed by atoms with Gasteiger partial charge >= 0.3 is 5.97 Å².